The van der Waals surface area contributed by atoms with Gasteiger partial charge in [-0.3, -0.25) is 4.79 Å². The predicted octanol–water partition coefficient (Wildman–Crippen LogP) is 3.55. The van der Waals surface area contributed by atoms with Crippen molar-refractivity contribution in [1.29, 1.82) is 0 Å². The van der Waals surface area contributed by atoms with E-state index in [1.165, 1.54) is 0 Å². The van der Waals surface area contributed by atoms with Gasteiger partial charge in [0.25, 0.3) is 0 Å². The van der Waals surface area contributed by atoms with Crippen molar-refractivity contribution in [2.75, 3.05) is 0 Å². The first-order chi connectivity index (χ1) is 8.86. The molecule has 0 N–H and O–H groups in total. The maximum atomic E-state index is 11.9. The van der Waals surface area contributed by atoms with Crippen LogP contribution in [0.3, 0.4) is 0 Å². The number of halogens is 1. The average molecular weight is 279 g/mol. The molecule has 4 nitrogen and oxygen atoms in total. The number of carbonyl (C=O) groups excluding carboxylic acids is 1. The maximum Gasteiger partial charge on any atom is 0.234 e. The van der Waals surface area contributed by atoms with Gasteiger partial charge in [0.1, 0.15) is 5.78 Å². The lowest BCUT2D eigenvalue weighted by atomic mass is 9.89. The van der Waals surface area contributed by atoms with E-state index in [9.17, 15) is 4.79 Å². The minimum atomic E-state index is -0.408. The number of rotatable bonds is 3. The van der Waals surface area contributed by atoms with Gasteiger partial charge in [-0.25, -0.2) is 0 Å². The van der Waals surface area contributed by atoms with Gasteiger partial charge in [0.15, 0.2) is 0 Å². The number of aromatic nitrogens is 2. The SMILES string of the molecule is CC(C)(C)C(=O)Cc1nc(-c2ccc(Cl)cc2)no1. The molecule has 19 heavy (non-hydrogen) atoms. The fraction of sp³-hybridized carbons (Fsp3) is 0.357. The molecular formula is C14H15ClN2O2. The van der Waals surface area contributed by atoms with Gasteiger partial charge in [-0.05, 0) is 24.3 Å². The third-order valence-electron chi connectivity index (χ3n) is 2.72. The molecule has 0 spiro atoms. The zero-order valence-corrected chi connectivity index (χ0v) is 11.9. The van der Waals surface area contributed by atoms with Crippen LogP contribution in [0.5, 0.6) is 0 Å². The molecule has 100 valence electrons. The Hall–Kier alpha value is -1.68. The molecule has 0 radical (unpaired) electrons. The lowest BCUT2D eigenvalue weighted by Gasteiger charge is -2.14. The molecule has 1 aromatic carbocycles. The van der Waals surface area contributed by atoms with Gasteiger partial charge in [-0.2, -0.15) is 4.98 Å². The van der Waals surface area contributed by atoms with Crippen LogP contribution >= 0.6 is 11.6 Å². The van der Waals surface area contributed by atoms with Crippen LogP contribution in [0.25, 0.3) is 11.4 Å². The van der Waals surface area contributed by atoms with Gasteiger partial charge in [-0.1, -0.05) is 37.5 Å². The summed E-state index contributed by atoms with van der Waals surface area (Å²) in [5.74, 6) is 0.872. The monoisotopic (exact) mass is 278 g/mol. The third kappa shape index (κ3) is 3.41. The van der Waals surface area contributed by atoms with E-state index in [-0.39, 0.29) is 12.2 Å². The Morgan fingerprint density at radius 3 is 2.47 bits per heavy atom. The number of carbonyl (C=O) groups is 1. The molecule has 0 saturated heterocycles. The number of ketones is 1. The quantitative estimate of drug-likeness (QED) is 0.861. The molecule has 0 amide bonds. The summed E-state index contributed by atoms with van der Waals surface area (Å²) in [6, 6.07) is 7.13. The fourth-order valence-corrected chi connectivity index (χ4v) is 1.57. The van der Waals surface area contributed by atoms with Crippen molar-refractivity contribution in [2.45, 2.75) is 27.2 Å². The summed E-state index contributed by atoms with van der Waals surface area (Å²) in [5, 5.41) is 4.52. The molecule has 0 aliphatic carbocycles. The molecule has 0 aliphatic heterocycles. The van der Waals surface area contributed by atoms with E-state index in [0.717, 1.165) is 5.56 Å². The van der Waals surface area contributed by atoms with Crippen LogP contribution in [-0.4, -0.2) is 15.9 Å². The highest BCUT2D eigenvalue weighted by Gasteiger charge is 2.23. The van der Waals surface area contributed by atoms with Gasteiger partial charge >= 0.3 is 0 Å². The van der Waals surface area contributed by atoms with E-state index < -0.39 is 5.41 Å². The van der Waals surface area contributed by atoms with Crippen molar-refractivity contribution in [1.82, 2.24) is 10.1 Å². The van der Waals surface area contributed by atoms with Gasteiger partial charge in [0, 0.05) is 16.0 Å². The first-order valence-electron chi connectivity index (χ1n) is 5.98. The van der Waals surface area contributed by atoms with E-state index in [1.54, 1.807) is 12.1 Å². The Morgan fingerprint density at radius 1 is 1.26 bits per heavy atom. The van der Waals surface area contributed by atoms with Gasteiger partial charge in [0.2, 0.25) is 11.7 Å². The van der Waals surface area contributed by atoms with Crippen molar-refractivity contribution in [3.63, 3.8) is 0 Å². The van der Waals surface area contributed by atoms with Crippen LogP contribution in [0.15, 0.2) is 28.8 Å². The Balaban J connectivity index is 2.16. The van der Waals surface area contributed by atoms with E-state index in [2.05, 4.69) is 10.1 Å². The molecule has 0 fully saturated rings. The van der Waals surface area contributed by atoms with E-state index >= 15 is 0 Å². The van der Waals surface area contributed by atoms with Gasteiger partial charge < -0.3 is 4.52 Å². The van der Waals surface area contributed by atoms with Crippen LogP contribution in [0.2, 0.25) is 5.02 Å². The molecular weight excluding hydrogens is 264 g/mol. The average Bonchev–Trinajstić information content (AvgIpc) is 2.77. The molecule has 0 atom stereocenters. The second-order valence-corrected chi connectivity index (χ2v) is 5.81. The first-order valence-corrected chi connectivity index (χ1v) is 6.36. The second-order valence-electron chi connectivity index (χ2n) is 5.37. The Morgan fingerprint density at radius 2 is 1.89 bits per heavy atom. The summed E-state index contributed by atoms with van der Waals surface area (Å²) < 4.78 is 5.10. The standard InChI is InChI=1S/C14H15ClN2O2/c1-14(2,3)11(18)8-12-16-13(17-19-12)9-4-6-10(15)7-5-9/h4-7H,8H2,1-3H3. The molecule has 2 aromatic rings. The van der Waals surface area contributed by atoms with Crippen LogP contribution in [0.4, 0.5) is 0 Å². The zero-order chi connectivity index (χ0) is 14.0. The number of hydrogen-bond acceptors (Lipinski definition) is 4. The molecule has 0 bridgehead atoms. The summed E-state index contributed by atoms with van der Waals surface area (Å²) in [5.41, 5.74) is 0.400. The van der Waals surface area contributed by atoms with Crippen molar-refractivity contribution in [2.24, 2.45) is 5.41 Å². The lowest BCUT2D eigenvalue weighted by Crippen LogP contribution is -2.22. The minimum absolute atomic E-state index is 0.0683. The second kappa shape index (κ2) is 5.13. The number of benzene rings is 1. The van der Waals surface area contributed by atoms with Crippen molar-refractivity contribution in [3.05, 3.63) is 35.2 Å². The normalized spacial score (nSPS) is 11.6. The topological polar surface area (TPSA) is 56.0 Å². The molecule has 0 unspecified atom stereocenters. The van der Waals surface area contributed by atoms with Crippen molar-refractivity contribution >= 4 is 17.4 Å². The smallest absolute Gasteiger partial charge is 0.234 e. The fourth-order valence-electron chi connectivity index (χ4n) is 1.45. The molecule has 0 aliphatic rings. The number of Topliss-reactive ketones (excluding diaryl/α,β-unsaturated/α-hetero) is 1. The minimum Gasteiger partial charge on any atom is -0.339 e. The number of nitrogens with zero attached hydrogens (tertiary/aromatic N) is 2. The Kier molecular flexibility index (Phi) is 3.71. The van der Waals surface area contributed by atoms with E-state index in [1.807, 2.05) is 32.9 Å². The van der Waals surface area contributed by atoms with Crippen LogP contribution in [0.1, 0.15) is 26.7 Å². The highest BCUT2D eigenvalue weighted by molar-refractivity contribution is 6.30. The van der Waals surface area contributed by atoms with E-state index in [0.29, 0.717) is 16.7 Å². The molecule has 0 saturated carbocycles. The highest BCUT2D eigenvalue weighted by Crippen LogP contribution is 2.21. The third-order valence-corrected chi connectivity index (χ3v) is 2.97. The largest absolute Gasteiger partial charge is 0.339 e. The summed E-state index contributed by atoms with van der Waals surface area (Å²) in [4.78, 5) is 16.1. The predicted molar refractivity (Wildman–Crippen MR) is 72.9 cm³/mol. The molecule has 1 heterocycles. The summed E-state index contributed by atoms with van der Waals surface area (Å²) >= 11 is 5.81. The summed E-state index contributed by atoms with van der Waals surface area (Å²) in [6.07, 6.45) is 0.157. The molecule has 2 rings (SSSR count). The van der Waals surface area contributed by atoms with Crippen molar-refractivity contribution < 1.29 is 9.32 Å². The Labute approximate surface area is 116 Å². The highest BCUT2D eigenvalue weighted by atomic mass is 35.5. The molecule has 5 heteroatoms. The Bertz CT molecular complexity index is 582. The number of hydrogen-bond donors (Lipinski definition) is 0. The van der Waals surface area contributed by atoms with Gasteiger partial charge in [0.05, 0.1) is 6.42 Å². The first kappa shape index (κ1) is 13.7. The van der Waals surface area contributed by atoms with Gasteiger partial charge in [-0.15, -0.1) is 0 Å². The van der Waals surface area contributed by atoms with Crippen molar-refractivity contribution in [3.8, 4) is 11.4 Å². The van der Waals surface area contributed by atoms with Crippen LogP contribution in [0, 0.1) is 5.41 Å². The van der Waals surface area contributed by atoms with Crippen LogP contribution < -0.4 is 0 Å². The van der Waals surface area contributed by atoms with Crippen LogP contribution in [-0.2, 0) is 11.2 Å². The maximum absolute atomic E-state index is 11.9. The summed E-state index contributed by atoms with van der Waals surface area (Å²) in [6.45, 7) is 5.60. The molecule has 1 aromatic heterocycles. The lowest BCUT2D eigenvalue weighted by molar-refractivity contribution is -0.125. The zero-order valence-electron chi connectivity index (χ0n) is 11.1. The summed E-state index contributed by atoms with van der Waals surface area (Å²) in [7, 11) is 0. The van der Waals surface area contributed by atoms with E-state index in [4.69, 9.17) is 16.1 Å².